The van der Waals surface area contributed by atoms with Crippen LogP contribution < -0.4 is 10.3 Å². The van der Waals surface area contributed by atoms with Crippen molar-refractivity contribution in [2.24, 2.45) is 5.92 Å². The zero-order valence-corrected chi connectivity index (χ0v) is 23.4. The molecule has 5 rings (SSSR count). The third kappa shape index (κ3) is 5.55. The van der Waals surface area contributed by atoms with E-state index in [-0.39, 0.29) is 23.8 Å². The molecule has 0 saturated carbocycles. The predicted octanol–water partition coefficient (Wildman–Crippen LogP) is 5.64. The number of piperidine rings is 1. The molecule has 4 aromatic rings. The van der Waals surface area contributed by atoms with Crippen molar-refractivity contribution >= 4 is 16.7 Å². The summed E-state index contributed by atoms with van der Waals surface area (Å²) in [5, 5.41) is 0.991. The van der Waals surface area contributed by atoms with E-state index in [1.54, 1.807) is 7.11 Å². The number of hydrogen-bond donors (Lipinski definition) is 1. The Morgan fingerprint density at radius 2 is 1.92 bits per heavy atom. The molecule has 0 amide bonds. The van der Waals surface area contributed by atoms with E-state index in [4.69, 9.17) is 4.74 Å². The molecule has 1 saturated heterocycles. The van der Waals surface area contributed by atoms with E-state index in [2.05, 4.69) is 51.5 Å². The van der Waals surface area contributed by atoms with Crippen LogP contribution in [-0.2, 0) is 13.0 Å². The first kappa shape index (κ1) is 26.9. The maximum atomic E-state index is 13.7. The Morgan fingerprint density at radius 1 is 1.15 bits per heavy atom. The number of para-hydroxylation sites is 1. The van der Waals surface area contributed by atoms with Crippen molar-refractivity contribution in [1.82, 2.24) is 19.4 Å². The van der Waals surface area contributed by atoms with Crippen molar-refractivity contribution in [3.05, 3.63) is 93.3 Å². The van der Waals surface area contributed by atoms with Crippen LogP contribution in [-0.4, -0.2) is 45.4 Å². The molecule has 1 aliphatic rings. The number of fused-ring (bicyclic) bond motifs is 1. The third-order valence-corrected chi connectivity index (χ3v) is 8.34. The van der Waals surface area contributed by atoms with E-state index in [1.807, 2.05) is 43.6 Å². The standard InChI is InChI=1S/C32H38N4O3/c1-21-18-30(39-4)27(32(38)34-21)11-12-29(37)31-23(3)36(28-10-6-5-9-26(28)31)22(2)25-13-16-35(17-14-25)20-24-8-7-15-33-19-24/h5-10,15,18-19,22,25H,11-14,16-17,20H2,1-4H3,(H,34,38)/t22-/m1/s1. The second-order valence-electron chi connectivity index (χ2n) is 10.8. The summed E-state index contributed by atoms with van der Waals surface area (Å²) in [5.74, 6) is 1.12. The van der Waals surface area contributed by atoms with Crippen molar-refractivity contribution < 1.29 is 9.53 Å². The van der Waals surface area contributed by atoms with Crippen LogP contribution in [0.3, 0.4) is 0 Å². The summed E-state index contributed by atoms with van der Waals surface area (Å²) in [4.78, 5) is 35.9. The van der Waals surface area contributed by atoms with Crippen LogP contribution in [0.4, 0.5) is 0 Å². The zero-order chi connectivity index (χ0) is 27.5. The van der Waals surface area contributed by atoms with Crippen molar-refractivity contribution in [1.29, 1.82) is 0 Å². The highest BCUT2D eigenvalue weighted by Crippen LogP contribution is 2.36. The zero-order valence-electron chi connectivity index (χ0n) is 23.4. The third-order valence-electron chi connectivity index (χ3n) is 8.34. The molecule has 1 aliphatic heterocycles. The molecule has 4 heterocycles. The van der Waals surface area contributed by atoms with Crippen LogP contribution in [0.15, 0.2) is 59.7 Å². The second kappa shape index (κ2) is 11.6. The monoisotopic (exact) mass is 526 g/mol. The maximum Gasteiger partial charge on any atom is 0.255 e. The number of H-pyrrole nitrogens is 1. The van der Waals surface area contributed by atoms with Crippen LogP contribution in [0.1, 0.15) is 65.1 Å². The number of Topliss-reactive ketones (excluding diaryl/α,β-unsaturated/α-hetero) is 1. The number of ether oxygens (including phenoxy) is 1. The van der Waals surface area contributed by atoms with E-state index in [0.29, 0.717) is 23.7 Å². The number of carbonyl (C=O) groups is 1. The number of rotatable bonds is 9. The van der Waals surface area contributed by atoms with Gasteiger partial charge in [-0.3, -0.25) is 19.5 Å². The fourth-order valence-corrected chi connectivity index (χ4v) is 6.29. The number of aryl methyl sites for hydroxylation is 1. The minimum Gasteiger partial charge on any atom is -0.496 e. The number of benzene rings is 1. The van der Waals surface area contributed by atoms with Crippen molar-refractivity contribution in [3.8, 4) is 5.75 Å². The largest absolute Gasteiger partial charge is 0.496 e. The van der Waals surface area contributed by atoms with Crippen molar-refractivity contribution in [3.63, 3.8) is 0 Å². The Morgan fingerprint density at radius 3 is 2.64 bits per heavy atom. The molecule has 0 spiro atoms. The quantitative estimate of drug-likeness (QED) is 0.286. The predicted molar refractivity (Wildman–Crippen MR) is 155 cm³/mol. The van der Waals surface area contributed by atoms with Crippen molar-refractivity contribution in [2.45, 2.75) is 59.0 Å². The molecule has 3 aromatic heterocycles. The molecule has 7 heteroatoms. The average Bonchev–Trinajstić information content (AvgIpc) is 3.24. The van der Waals surface area contributed by atoms with E-state index in [1.165, 1.54) is 5.56 Å². The molecule has 204 valence electrons. The first-order valence-electron chi connectivity index (χ1n) is 13.9. The molecule has 1 N–H and O–H groups in total. The number of carbonyl (C=O) groups excluding carboxylic acids is 1. The average molecular weight is 527 g/mol. The highest BCUT2D eigenvalue weighted by atomic mass is 16.5. The number of ketones is 1. The summed E-state index contributed by atoms with van der Waals surface area (Å²) in [6, 6.07) is 14.4. The van der Waals surface area contributed by atoms with Gasteiger partial charge in [-0.25, -0.2) is 0 Å². The van der Waals surface area contributed by atoms with Crippen LogP contribution in [0.25, 0.3) is 10.9 Å². The Balaban J connectivity index is 1.35. The summed E-state index contributed by atoms with van der Waals surface area (Å²) in [5.41, 5.74) is 5.21. The molecular formula is C32H38N4O3. The van der Waals surface area contributed by atoms with Gasteiger partial charge < -0.3 is 14.3 Å². The van der Waals surface area contributed by atoms with Gasteiger partial charge in [0.25, 0.3) is 5.56 Å². The first-order valence-corrected chi connectivity index (χ1v) is 13.9. The Bertz CT molecular complexity index is 1510. The molecule has 0 radical (unpaired) electrons. The number of hydrogen-bond acceptors (Lipinski definition) is 5. The van der Waals surface area contributed by atoms with Crippen molar-refractivity contribution in [2.75, 3.05) is 20.2 Å². The number of aromatic nitrogens is 3. The van der Waals surface area contributed by atoms with Gasteiger partial charge in [0.05, 0.1) is 12.7 Å². The van der Waals surface area contributed by atoms with Gasteiger partial charge in [-0.1, -0.05) is 24.3 Å². The van der Waals surface area contributed by atoms with Gasteiger partial charge >= 0.3 is 0 Å². The molecule has 7 nitrogen and oxygen atoms in total. The molecule has 0 unspecified atom stereocenters. The lowest BCUT2D eigenvalue weighted by Crippen LogP contribution is -2.36. The highest BCUT2D eigenvalue weighted by Gasteiger charge is 2.29. The van der Waals surface area contributed by atoms with E-state index < -0.39 is 0 Å². The molecule has 1 fully saturated rings. The van der Waals surface area contributed by atoms with Gasteiger partial charge in [-0.2, -0.15) is 0 Å². The Kier molecular flexibility index (Phi) is 7.98. The van der Waals surface area contributed by atoms with Gasteiger partial charge in [0, 0.05) is 59.3 Å². The van der Waals surface area contributed by atoms with E-state index in [0.717, 1.165) is 60.3 Å². The van der Waals surface area contributed by atoms with Gasteiger partial charge in [0.2, 0.25) is 0 Å². The van der Waals surface area contributed by atoms with E-state index in [9.17, 15) is 9.59 Å². The lowest BCUT2D eigenvalue weighted by molar-refractivity contribution is 0.0983. The number of aromatic amines is 1. The maximum absolute atomic E-state index is 13.7. The molecular weight excluding hydrogens is 488 g/mol. The molecule has 1 aromatic carbocycles. The van der Waals surface area contributed by atoms with E-state index >= 15 is 0 Å². The lowest BCUT2D eigenvalue weighted by atomic mass is 9.89. The van der Waals surface area contributed by atoms with Gasteiger partial charge in [0.15, 0.2) is 5.78 Å². The summed E-state index contributed by atoms with van der Waals surface area (Å²) >= 11 is 0. The number of pyridine rings is 2. The SMILES string of the molecule is COc1cc(C)[nH]c(=O)c1CCC(=O)c1c(C)n([C@H](C)C2CCN(Cc3cccnc3)CC2)c2ccccc12. The van der Waals surface area contributed by atoms with Gasteiger partial charge in [0.1, 0.15) is 5.75 Å². The first-order chi connectivity index (χ1) is 18.9. The Hall–Kier alpha value is -3.71. The molecule has 1 atom stereocenters. The topological polar surface area (TPSA) is 80.2 Å². The van der Waals surface area contributed by atoms with Gasteiger partial charge in [-0.05, 0) is 82.8 Å². The van der Waals surface area contributed by atoms with Crippen LogP contribution in [0, 0.1) is 19.8 Å². The minimum absolute atomic E-state index is 0.0583. The van der Waals surface area contributed by atoms with Crippen LogP contribution >= 0.6 is 0 Å². The van der Waals surface area contributed by atoms with Crippen LogP contribution in [0.5, 0.6) is 5.75 Å². The molecule has 0 bridgehead atoms. The second-order valence-corrected chi connectivity index (χ2v) is 10.8. The normalized spacial score (nSPS) is 15.5. The minimum atomic E-state index is -0.192. The summed E-state index contributed by atoms with van der Waals surface area (Å²) in [6.45, 7) is 9.24. The van der Waals surface area contributed by atoms with Gasteiger partial charge in [-0.15, -0.1) is 0 Å². The fourth-order valence-electron chi connectivity index (χ4n) is 6.29. The molecule has 0 aliphatic carbocycles. The molecule has 39 heavy (non-hydrogen) atoms. The smallest absolute Gasteiger partial charge is 0.255 e. The summed E-state index contributed by atoms with van der Waals surface area (Å²) in [7, 11) is 1.56. The number of nitrogens with zero attached hydrogens (tertiary/aromatic N) is 3. The number of methoxy groups -OCH3 is 1. The lowest BCUT2D eigenvalue weighted by Gasteiger charge is -2.36. The summed E-state index contributed by atoms with van der Waals surface area (Å²) < 4.78 is 7.82. The highest BCUT2D eigenvalue weighted by molar-refractivity contribution is 6.09. The number of likely N-dealkylation sites (tertiary alicyclic amines) is 1. The Labute approximate surface area is 229 Å². The van der Waals surface area contributed by atoms with Crippen LogP contribution in [0.2, 0.25) is 0 Å². The fraction of sp³-hybridized carbons (Fsp3) is 0.406. The number of nitrogens with one attached hydrogen (secondary N) is 1. The summed E-state index contributed by atoms with van der Waals surface area (Å²) in [6.07, 6.45) is 6.59.